The molecule has 19 heavy (non-hydrogen) atoms. The molecule has 0 saturated heterocycles. The van der Waals surface area contributed by atoms with Crippen LogP contribution in [0.2, 0.25) is 0 Å². The van der Waals surface area contributed by atoms with Gasteiger partial charge in [-0.15, -0.1) is 0 Å². The summed E-state index contributed by atoms with van der Waals surface area (Å²) in [6.45, 7) is 0. The molecule has 0 aliphatic heterocycles. The minimum Gasteiger partial charge on any atom is -0.391 e. The van der Waals surface area contributed by atoms with E-state index in [0.29, 0.717) is 17.3 Å². The Balaban J connectivity index is 2.25. The quantitative estimate of drug-likeness (QED) is 0.848. The van der Waals surface area contributed by atoms with Crippen LogP contribution >= 0.6 is 15.9 Å². The predicted octanol–water partition coefficient (Wildman–Crippen LogP) is 4.18. The summed E-state index contributed by atoms with van der Waals surface area (Å²) in [6, 6.07) is 3.50. The van der Waals surface area contributed by atoms with Crippen molar-refractivity contribution < 1.29 is 18.3 Å². The van der Waals surface area contributed by atoms with Gasteiger partial charge in [-0.25, -0.2) is 0 Å². The van der Waals surface area contributed by atoms with Gasteiger partial charge in [0.15, 0.2) is 0 Å². The minimum absolute atomic E-state index is 0.0211. The summed E-state index contributed by atoms with van der Waals surface area (Å²) in [4.78, 5) is 0. The lowest BCUT2D eigenvalue weighted by molar-refractivity contribution is -0.137. The third-order valence-electron chi connectivity index (χ3n) is 3.36. The van der Waals surface area contributed by atoms with Crippen molar-refractivity contribution >= 4 is 21.6 Å². The first-order valence-corrected chi connectivity index (χ1v) is 6.98. The Morgan fingerprint density at radius 3 is 2.53 bits per heavy atom. The van der Waals surface area contributed by atoms with Gasteiger partial charge in [0.05, 0.1) is 17.7 Å². The van der Waals surface area contributed by atoms with Gasteiger partial charge in [0.2, 0.25) is 0 Å². The van der Waals surface area contributed by atoms with Crippen LogP contribution in [0.5, 0.6) is 0 Å². The molecule has 1 fully saturated rings. The smallest absolute Gasteiger partial charge is 0.391 e. The van der Waals surface area contributed by atoms with Crippen LogP contribution in [0, 0.1) is 0 Å². The minimum atomic E-state index is -4.40. The Morgan fingerprint density at radius 1 is 1.21 bits per heavy atom. The molecular formula is C13H15BrF3NO. The van der Waals surface area contributed by atoms with Crippen molar-refractivity contribution in [1.82, 2.24) is 0 Å². The van der Waals surface area contributed by atoms with Gasteiger partial charge >= 0.3 is 6.18 Å². The monoisotopic (exact) mass is 337 g/mol. The van der Waals surface area contributed by atoms with E-state index in [2.05, 4.69) is 21.2 Å². The Hall–Kier alpha value is -0.750. The first-order chi connectivity index (χ1) is 8.88. The third-order valence-corrected chi connectivity index (χ3v) is 3.85. The lowest BCUT2D eigenvalue weighted by Gasteiger charge is -2.30. The molecule has 6 heteroatoms. The Bertz CT molecular complexity index is 450. The fourth-order valence-electron chi connectivity index (χ4n) is 2.36. The Morgan fingerprint density at radius 2 is 1.89 bits per heavy atom. The number of alkyl halides is 3. The van der Waals surface area contributed by atoms with Gasteiger partial charge in [-0.05, 0) is 31.0 Å². The van der Waals surface area contributed by atoms with Crippen LogP contribution in [0.25, 0.3) is 0 Å². The molecule has 1 aliphatic carbocycles. The van der Waals surface area contributed by atoms with Crippen LogP contribution < -0.4 is 5.32 Å². The molecule has 1 aliphatic rings. The molecule has 1 aromatic rings. The van der Waals surface area contributed by atoms with Crippen molar-refractivity contribution in [2.24, 2.45) is 0 Å². The maximum Gasteiger partial charge on any atom is 0.418 e. The molecule has 2 nitrogen and oxygen atoms in total. The van der Waals surface area contributed by atoms with E-state index in [-0.39, 0.29) is 11.7 Å². The van der Waals surface area contributed by atoms with E-state index >= 15 is 0 Å². The van der Waals surface area contributed by atoms with E-state index < -0.39 is 17.8 Å². The maximum absolute atomic E-state index is 12.9. The summed E-state index contributed by atoms with van der Waals surface area (Å²) < 4.78 is 39.3. The van der Waals surface area contributed by atoms with E-state index in [1.807, 2.05) is 0 Å². The number of rotatable bonds is 2. The summed E-state index contributed by atoms with van der Waals surface area (Å²) in [6.07, 6.45) is -1.83. The normalized spacial score (nSPS) is 24.3. The molecule has 1 saturated carbocycles. The second-order valence-electron chi connectivity index (χ2n) is 4.79. The molecule has 1 aromatic carbocycles. The lowest BCUT2D eigenvalue weighted by atomic mass is 9.92. The Kier molecular flexibility index (Phi) is 4.40. The molecular weight excluding hydrogens is 323 g/mol. The fourth-order valence-corrected chi connectivity index (χ4v) is 2.72. The number of hydrogen-bond acceptors (Lipinski definition) is 2. The summed E-state index contributed by atoms with van der Waals surface area (Å²) in [5.74, 6) is 0. The molecule has 0 aromatic heterocycles. The van der Waals surface area contributed by atoms with Crippen LogP contribution in [0.4, 0.5) is 18.9 Å². The zero-order valence-corrected chi connectivity index (χ0v) is 11.8. The maximum atomic E-state index is 12.9. The number of hydrogen-bond donors (Lipinski definition) is 2. The zero-order valence-electron chi connectivity index (χ0n) is 10.2. The largest absolute Gasteiger partial charge is 0.418 e. The lowest BCUT2D eigenvalue weighted by Crippen LogP contribution is -2.36. The van der Waals surface area contributed by atoms with Crippen LogP contribution in [0.15, 0.2) is 22.7 Å². The number of aliphatic hydroxyl groups excluding tert-OH is 1. The number of halogens is 4. The second kappa shape index (κ2) is 5.71. The van der Waals surface area contributed by atoms with E-state index in [1.54, 1.807) is 0 Å². The van der Waals surface area contributed by atoms with E-state index in [1.165, 1.54) is 12.1 Å². The zero-order chi connectivity index (χ0) is 14.0. The summed E-state index contributed by atoms with van der Waals surface area (Å²) >= 11 is 3.17. The van der Waals surface area contributed by atoms with Crippen LogP contribution in [0.3, 0.4) is 0 Å². The number of benzene rings is 1. The van der Waals surface area contributed by atoms with Crippen molar-refractivity contribution in [1.29, 1.82) is 0 Å². The molecule has 0 heterocycles. The highest BCUT2D eigenvalue weighted by atomic mass is 79.9. The number of anilines is 1. The molecule has 0 radical (unpaired) electrons. The highest BCUT2D eigenvalue weighted by Gasteiger charge is 2.34. The molecule has 0 bridgehead atoms. The van der Waals surface area contributed by atoms with E-state index in [4.69, 9.17) is 0 Å². The fraction of sp³-hybridized carbons (Fsp3) is 0.538. The molecule has 2 atom stereocenters. The summed E-state index contributed by atoms with van der Waals surface area (Å²) in [5.41, 5.74) is -0.679. The molecule has 2 unspecified atom stereocenters. The molecule has 0 amide bonds. The van der Waals surface area contributed by atoms with Gasteiger partial charge in [0.1, 0.15) is 0 Å². The molecule has 2 rings (SSSR count). The average Bonchev–Trinajstić information content (AvgIpc) is 2.30. The standard InChI is InChI=1S/C13H15BrF3NO/c14-8-5-6-9(13(15,16)17)11(7-8)18-10-3-1-2-4-12(10)19/h5-7,10,12,18-19H,1-4H2. The van der Waals surface area contributed by atoms with Gasteiger partial charge in [-0.1, -0.05) is 28.8 Å². The van der Waals surface area contributed by atoms with Crippen LogP contribution in [-0.2, 0) is 6.18 Å². The van der Waals surface area contributed by atoms with Crippen molar-refractivity contribution in [2.45, 2.75) is 44.0 Å². The van der Waals surface area contributed by atoms with Crippen molar-refractivity contribution in [3.8, 4) is 0 Å². The first kappa shape index (κ1) is 14.7. The molecule has 0 spiro atoms. The van der Waals surface area contributed by atoms with Gasteiger partial charge in [0, 0.05) is 10.2 Å². The van der Waals surface area contributed by atoms with Gasteiger partial charge in [0.25, 0.3) is 0 Å². The highest BCUT2D eigenvalue weighted by molar-refractivity contribution is 9.10. The third kappa shape index (κ3) is 3.63. The van der Waals surface area contributed by atoms with Crippen molar-refractivity contribution in [2.75, 3.05) is 5.32 Å². The van der Waals surface area contributed by atoms with Gasteiger partial charge in [-0.2, -0.15) is 13.2 Å². The second-order valence-corrected chi connectivity index (χ2v) is 5.71. The summed E-state index contributed by atoms with van der Waals surface area (Å²) in [5, 5.41) is 12.7. The topological polar surface area (TPSA) is 32.3 Å². The predicted molar refractivity (Wildman–Crippen MR) is 71.0 cm³/mol. The number of aliphatic hydroxyl groups is 1. The number of nitrogens with one attached hydrogen (secondary N) is 1. The molecule has 2 N–H and O–H groups in total. The van der Waals surface area contributed by atoms with Crippen LogP contribution in [0.1, 0.15) is 31.2 Å². The van der Waals surface area contributed by atoms with E-state index in [9.17, 15) is 18.3 Å². The molecule has 106 valence electrons. The SMILES string of the molecule is OC1CCCCC1Nc1cc(Br)ccc1C(F)(F)F. The summed E-state index contributed by atoms with van der Waals surface area (Å²) in [7, 11) is 0. The highest BCUT2D eigenvalue weighted by Crippen LogP contribution is 2.37. The van der Waals surface area contributed by atoms with Gasteiger partial charge in [-0.3, -0.25) is 0 Å². The Labute approximate surface area is 118 Å². The van der Waals surface area contributed by atoms with Crippen molar-refractivity contribution in [3.63, 3.8) is 0 Å². The van der Waals surface area contributed by atoms with E-state index in [0.717, 1.165) is 18.9 Å². The first-order valence-electron chi connectivity index (χ1n) is 6.19. The van der Waals surface area contributed by atoms with Gasteiger partial charge < -0.3 is 10.4 Å². The van der Waals surface area contributed by atoms with Crippen molar-refractivity contribution in [3.05, 3.63) is 28.2 Å². The average molecular weight is 338 g/mol. The van der Waals surface area contributed by atoms with Crippen LogP contribution in [-0.4, -0.2) is 17.3 Å².